The number of hydrogen-bond donors (Lipinski definition) is 0. The summed E-state index contributed by atoms with van der Waals surface area (Å²) in [7, 11) is 3.17. The average Bonchev–Trinajstić information content (AvgIpc) is 2.48. The first kappa shape index (κ1) is 16.3. The van der Waals surface area contributed by atoms with E-state index in [-0.39, 0.29) is 11.2 Å². The molecule has 1 aromatic rings. The lowest BCUT2D eigenvalue weighted by atomic mass is 9.68. The number of carbonyl (C=O) groups is 1. The fourth-order valence-corrected chi connectivity index (χ4v) is 3.11. The van der Waals surface area contributed by atoms with Crippen LogP contribution in [0.1, 0.15) is 49.9 Å². The summed E-state index contributed by atoms with van der Waals surface area (Å²) in [6.45, 7) is 4.48. The number of ether oxygens (including phenoxy) is 2. The minimum atomic E-state index is -0.714. The number of benzene rings is 1. The number of hydrogen-bond acceptors (Lipinski definition) is 3. The third kappa shape index (κ3) is 3.24. The quantitative estimate of drug-likeness (QED) is 0.767. The summed E-state index contributed by atoms with van der Waals surface area (Å²) in [5.41, 5.74) is 0.159. The Labute approximate surface area is 131 Å². The highest BCUT2D eigenvalue weighted by atomic mass is 35.5. The second kappa shape index (κ2) is 5.98. The molecule has 1 aliphatic rings. The monoisotopic (exact) mass is 310 g/mol. The summed E-state index contributed by atoms with van der Waals surface area (Å²) in [5.74, 6) is 0.542. The first-order chi connectivity index (χ1) is 9.83. The molecule has 1 aliphatic carbocycles. The van der Waals surface area contributed by atoms with E-state index in [1.807, 2.05) is 0 Å². The molecule has 0 bridgehead atoms. The van der Waals surface area contributed by atoms with Crippen LogP contribution >= 0.6 is 11.6 Å². The van der Waals surface area contributed by atoms with Crippen LogP contribution < -0.4 is 4.74 Å². The molecule has 2 rings (SSSR count). The lowest BCUT2D eigenvalue weighted by Crippen LogP contribution is -2.45. The van der Waals surface area contributed by atoms with Crippen molar-refractivity contribution in [3.63, 3.8) is 0 Å². The second-order valence-corrected chi connectivity index (χ2v) is 6.95. The maximum atomic E-state index is 12.9. The van der Waals surface area contributed by atoms with Crippen molar-refractivity contribution >= 4 is 17.4 Å². The molecular weight excluding hydrogens is 288 g/mol. The predicted molar refractivity (Wildman–Crippen MR) is 84.3 cm³/mol. The largest absolute Gasteiger partial charge is 0.495 e. The molecule has 1 fully saturated rings. The van der Waals surface area contributed by atoms with Crippen molar-refractivity contribution in [1.29, 1.82) is 0 Å². The van der Waals surface area contributed by atoms with Gasteiger partial charge < -0.3 is 9.47 Å². The van der Waals surface area contributed by atoms with Gasteiger partial charge in [-0.25, -0.2) is 0 Å². The summed E-state index contributed by atoms with van der Waals surface area (Å²) in [6.07, 6.45) is 3.47. The van der Waals surface area contributed by atoms with Crippen LogP contribution in [-0.2, 0) is 4.74 Å². The Kier molecular flexibility index (Phi) is 4.64. The van der Waals surface area contributed by atoms with Gasteiger partial charge in [-0.1, -0.05) is 25.4 Å². The highest BCUT2D eigenvalue weighted by Gasteiger charge is 2.44. The molecule has 0 amide bonds. The molecule has 0 N–H and O–H groups in total. The van der Waals surface area contributed by atoms with Crippen molar-refractivity contribution in [3.8, 4) is 5.75 Å². The van der Waals surface area contributed by atoms with Crippen LogP contribution in [0.15, 0.2) is 18.2 Å². The smallest absolute Gasteiger partial charge is 0.194 e. The molecule has 0 saturated heterocycles. The molecule has 0 aliphatic heterocycles. The van der Waals surface area contributed by atoms with E-state index < -0.39 is 5.60 Å². The topological polar surface area (TPSA) is 35.5 Å². The summed E-state index contributed by atoms with van der Waals surface area (Å²) in [6, 6.07) is 5.14. The Balaban J connectivity index is 2.29. The van der Waals surface area contributed by atoms with E-state index >= 15 is 0 Å². The third-order valence-electron chi connectivity index (χ3n) is 4.63. The fourth-order valence-electron chi connectivity index (χ4n) is 2.92. The van der Waals surface area contributed by atoms with E-state index in [0.717, 1.165) is 25.7 Å². The second-order valence-electron chi connectivity index (χ2n) is 6.54. The molecule has 21 heavy (non-hydrogen) atoms. The molecule has 0 radical (unpaired) electrons. The number of carbonyl (C=O) groups excluding carboxylic acids is 1. The van der Waals surface area contributed by atoms with Crippen molar-refractivity contribution in [2.75, 3.05) is 14.2 Å². The molecule has 0 unspecified atom stereocenters. The van der Waals surface area contributed by atoms with Gasteiger partial charge in [0.2, 0.25) is 0 Å². The number of Topliss-reactive ketones (excluding diaryl/α,β-unsaturated/α-hetero) is 1. The van der Waals surface area contributed by atoms with Gasteiger partial charge in [0.1, 0.15) is 11.4 Å². The van der Waals surface area contributed by atoms with Crippen LogP contribution in [0.5, 0.6) is 5.75 Å². The zero-order chi connectivity index (χ0) is 15.7. The summed E-state index contributed by atoms with van der Waals surface area (Å²) < 4.78 is 10.9. The predicted octanol–water partition coefficient (Wildman–Crippen LogP) is 4.52. The molecule has 4 heteroatoms. The van der Waals surface area contributed by atoms with E-state index in [1.165, 1.54) is 0 Å². The Morgan fingerprint density at radius 3 is 2.29 bits per heavy atom. The van der Waals surface area contributed by atoms with Gasteiger partial charge in [-0.05, 0) is 49.3 Å². The van der Waals surface area contributed by atoms with Crippen LogP contribution in [0, 0.1) is 5.41 Å². The highest BCUT2D eigenvalue weighted by Crippen LogP contribution is 2.43. The zero-order valence-electron chi connectivity index (χ0n) is 13.2. The number of ketones is 1. The molecular formula is C17H23ClO3. The molecule has 0 atom stereocenters. The molecule has 1 aromatic carbocycles. The number of rotatable bonds is 4. The molecule has 116 valence electrons. The Morgan fingerprint density at radius 1 is 1.14 bits per heavy atom. The Hall–Kier alpha value is -1.06. The van der Waals surface area contributed by atoms with Gasteiger partial charge in [-0.3, -0.25) is 4.79 Å². The number of methoxy groups -OCH3 is 2. The highest BCUT2D eigenvalue weighted by molar-refractivity contribution is 6.32. The van der Waals surface area contributed by atoms with Crippen LogP contribution in [0.2, 0.25) is 5.02 Å². The van der Waals surface area contributed by atoms with E-state index in [9.17, 15) is 4.79 Å². The van der Waals surface area contributed by atoms with Gasteiger partial charge in [-0.2, -0.15) is 0 Å². The minimum absolute atomic E-state index is 0.0236. The van der Waals surface area contributed by atoms with Gasteiger partial charge in [0, 0.05) is 12.7 Å². The first-order valence-electron chi connectivity index (χ1n) is 7.27. The van der Waals surface area contributed by atoms with Crippen LogP contribution in [-0.4, -0.2) is 25.6 Å². The van der Waals surface area contributed by atoms with Gasteiger partial charge in [0.15, 0.2) is 5.78 Å². The van der Waals surface area contributed by atoms with Crippen molar-refractivity contribution in [3.05, 3.63) is 28.8 Å². The van der Waals surface area contributed by atoms with Crippen molar-refractivity contribution in [1.82, 2.24) is 0 Å². The lowest BCUT2D eigenvalue weighted by Gasteiger charge is -2.41. The van der Waals surface area contributed by atoms with Crippen molar-refractivity contribution < 1.29 is 14.3 Å². The molecule has 1 saturated carbocycles. The molecule has 0 heterocycles. The van der Waals surface area contributed by atoms with E-state index in [0.29, 0.717) is 16.3 Å². The van der Waals surface area contributed by atoms with Gasteiger partial charge in [-0.15, -0.1) is 0 Å². The Morgan fingerprint density at radius 2 is 1.76 bits per heavy atom. The zero-order valence-corrected chi connectivity index (χ0v) is 13.9. The van der Waals surface area contributed by atoms with Gasteiger partial charge in [0.05, 0.1) is 12.1 Å². The van der Waals surface area contributed by atoms with E-state index in [2.05, 4.69) is 13.8 Å². The maximum absolute atomic E-state index is 12.9. The summed E-state index contributed by atoms with van der Waals surface area (Å²) >= 11 is 6.03. The fraction of sp³-hybridized carbons (Fsp3) is 0.588. The van der Waals surface area contributed by atoms with Crippen LogP contribution in [0.4, 0.5) is 0 Å². The molecule has 0 aromatic heterocycles. The van der Waals surface area contributed by atoms with Crippen molar-refractivity contribution in [2.45, 2.75) is 45.1 Å². The van der Waals surface area contributed by atoms with Crippen LogP contribution in [0.25, 0.3) is 0 Å². The average molecular weight is 311 g/mol. The molecule has 3 nitrogen and oxygen atoms in total. The summed E-state index contributed by atoms with van der Waals surface area (Å²) in [4.78, 5) is 12.9. The maximum Gasteiger partial charge on any atom is 0.194 e. The van der Waals surface area contributed by atoms with Crippen LogP contribution in [0.3, 0.4) is 0 Å². The van der Waals surface area contributed by atoms with Gasteiger partial charge >= 0.3 is 0 Å². The molecule has 0 spiro atoms. The van der Waals surface area contributed by atoms with Gasteiger partial charge in [0.25, 0.3) is 0 Å². The van der Waals surface area contributed by atoms with E-state index in [1.54, 1.807) is 32.4 Å². The lowest BCUT2D eigenvalue weighted by molar-refractivity contribution is -0.0383. The SMILES string of the molecule is COc1cc(C(=O)C2(OC)CCC(C)(C)CC2)ccc1Cl. The standard InChI is InChI=1S/C17H23ClO3/c1-16(2)7-9-17(21-4,10-8-16)15(19)12-5-6-13(18)14(11-12)20-3/h5-6,11H,7-10H2,1-4H3. The normalized spacial score (nSPS) is 20.0. The minimum Gasteiger partial charge on any atom is -0.495 e. The Bertz CT molecular complexity index is 527. The third-order valence-corrected chi connectivity index (χ3v) is 4.94. The van der Waals surface area contributed by atoms with E-state index in [4.69, 9.17) is 21.1 Å². The number of halogens is 1. The van der Waals surface area contributed by atoms with Crippen molar-refractivity contribution in [2.24, 2.45) is 5.41 Å². The summed E-state index contributed by atoms with van der Waals surface area (Å²) in [5, 5.41) is 0.505. The first-order valence-corrected chi connectivity index (χ1v) is 7.65.